The third kappa shape index (κ3) is 6.34. The van der Waals surface area contributed by atoms with Crippen LogP contribution in [0, 0.1) is 0 Å². The van der Waals surface area contributed by atoms with Gasteiger partial charge in [-0.2, -0.15) is 0 Å². The average molecular weight is 459 g/mol. The normalized spacial score (nSPS) is 11.9. The highest BCUT2D eigenvalue weighted by Gasteiger charge is 2.26. The van der Waals surface area contributed by atoms with Crippen LogP contribution < -0.4 is 14.8 Å². The number of carbonyl (C=O) groups excluding carboxylic acids is 1. The fraction of sp³-hybridized carbons (Fsp3) is 0.350. The predicted molar refractivity (Wildman–Crippen MR) is 116 cm³/mol. The summed E-state index contributed by atoms with van der Waals surface area (Å²) in [5.41, 5.74) is 0.335. The van der Waals surface area contributed by atoms with Crippen LogP contribution in [-0.2, 0) is 16.4 Å². The molecule has 9 heteroatoms. The van der Waals surface area contributed by atoms with E-state index < -0.39 is 21.5 Å². The first-order chi connectivity index (χ1) is 13.4. The summed E-state index contributed by atoms with van der Waals surface area (Å²) in [5.74, 6) is -0.248. The van der Waals surface area contributed by atoms with Crippen LogP contribution in [0.15, 0.2) is 41.3 Å². The van der Waals surface area contributed by atoms with Crippen LogP contribution in [0.1, 0.15) is 36.7 Å². The van der Waals surface area contributed by atoms with Gasteiger partial charge in [-0.25, -0.2) is 13.1 Å². The number of carbonyl (C=O) groups is 1. The fourth-order valence-corrected chi connectivity index (χ4v) is 4.67. The number of hydrogen-bond donors (Lipinski definition) is 2. The van der Waals surface area contributed by atoms with Gasteiger partial charge in [-0.05, 0) is 57.0 Å². The number of methoxy groups -OCH3 is 1. The Bertz CT molecular complexity index is 1000. The largest absolute Gasteiger partial charge is 0.495 e. The number of halogens is 2. The third-order valence-corrected chi connectivity index (χ3v) is 6.50. The van der Waals surface area contributed by atoms with Gasteiger partial charge >= 0.3 is 0 Å². The minimum absolute atomic E-state index is 0.0968. The summed E-state index contributed by atoms with van der Waals surface area (Å²) in [5, 5.41) is 3.67. The second-order valence-electron chi connectivity index (χ2n) is 7.44. The third-order valence-electron chi connectivity index (χ3n) is 3.87. The molecule has 158 valence electrons. The molecule has 0 saturated carbocycles. The van der Waals surface area contributed by atoms with Crippen molar-refractivity contribution in [3.05, 3.63) is 57.6 Å². The lowest BCUT2D eigenvalue weighted by atomic mass is 10.1. The lowest BCUT2D eigenvalue weighted by molar-refractivity contribution is 0.0954. The molecule has 0 bridgehead atoms. The van der Waals surface area contributed by atoms with Crippen molar-refractivity contribution in [2.45, 2.75) is 37.6 Å². The number of benzene rings is 2. The van der Waals surface area contributed by atoms with Gasteiger partial charge in [0.25, 0.3) is 5.91 Å². The van der Waals surface area contributed by atoms with E-state index in [0.717, 1.165) is 5.56 Å². The highest BCUT2D eigenvalue weighted by Crippen LogP contribution is 2.27. The molecule has 0 fully saturated rings. The van der Waals surface area contributed by atoms with Crippen LogP contribution in [0.3, 0.4) is 0 Å². The van der Waals surface area contributed by atoms with E-state index in [2.05, 4.69) is 10.0 Å². The number of nitrogens with one attached hydrogen (secondary N) is 2. The monoisotopic (exact) mass is 458 g/mol. The highest BCUT2D eigenvalue weighted by molar-refractivity contribution is 7.89. The molecule has 0 atom stereocenters. The Labute approximate surface area is 181 Å². The van der Waals surface area contributed by atoms with E-state index in [9.17, 15) is 13.2 Å². The molecule has 0 spiro atoms. The fourth-order valence-electron chi connectivity index (χ4n) is 2.64. The van der Waals surface area contributed by atoms with Crippen molar-refractivity contribution in [3.8, 4) is 5.75 Å². The maximum atomic E-state index is 12.7. The number of ether oxygens (including phenoxy) is 1. The molecule has 0 aliphatic rings. The van der Waals surface area contributed by atoms with Gasteiger partial charge in [-0.3, -0.25) is 4.79 Å². The Hall–Kier alpha value is -1.80. The first kappa shape index (κ1) is 23.5. The summed E-state index contributed by atoms with van der Waals surface area (Å²) in [4.78, 5) is 12.4. The minimum Gasteiger partial charge on any atom is -0.495 e. The summed E-state index contributed by atoms with van der Waals surface area (Å²) in [6.45, 7) is 5.50. The van der Waals surface area contributed by atoms with E-state index in [0.29, 0.717) is 23.0 Å². The second kappa shape index (κ2) is 9.34. The zero-order valence-electron chi connectivity index (χ0n) is 16.7. The van der Waals surface area contributed by atoms with Gasteiger partial charge in [0.2, 0.25) is 10.0 Å². The van der Waals surface area contributed by atoms with Crippen molar-refractivity contribution in [2.75, 3.05) is 13.7 Å². The topological polar surface area (TPSA) is 84.5 Å². The van der Waals surface area contributed by atoms with E-state index in [1.54, 1.807) is 32.9 Å². The summed E-state index contributed by atoms with van der Waals surface area (Å²) in [6.07, 6.45) is 0.484. The van der Waals surface area contributed by atoms with Crippen molar-refractivity contribution < 1.29 is 17.9 Å². The molecule has 2 aromatic rings. The molecule has 0 unspecified atom stereocenters. The molecule has 2 N–H and O–H groups in total. The van der Waals surface area contributed by atoms with Gasteiger partial charge in [-0.15, -0.1) is 0 Å². The maximum Gasteiger partial charge on any atom is 0.251 e. The molecular formula is C20H24Cl2N2O4S. The second-order valence-corrected chi connectivity index (χ2v) is 9.88. The van der Waals surface area contributed by atoms with Gasteiger partial charge in [-0.1, -0.05) is 35.3 Å². The lowest BCUT2D eigenvalue weighted by Gasteiger charge is -2.21. The van der Waals surface area contributed by atoms with Crippen LogP contribution in [0.2, 0.25) is 10.0 Å². The Morgan fingerprint density at radius 1 is 1.14 bits per heavy atom. The van der Waals surface area contributed by atoms with E-state index in [4.69, 9.17) is 27.9 Å². The van der Waals surface area contributed by atoms with Gasteiger partial charge in [0, 0.05) is 17.6 Å². The SMILES string of the molecule is COc1ccc(C(=O)NCCc2cccc(Cl)c2Cl)cc1S(=O)(=O)NC(C)(C)C. The molecule has 0 heterocycles. The Kier molecular flexibility index (Phi) is 7.56. The zero-order chi connectivity index (χ0) is 21.8. The molecule has 6 nitrogen and oxygen atoms in total. The van der Waals surface area contributed by atoms with E-state index >= 15 is 0 Å². The van der Waals surface area contributed by atoms with E-state index in [1.165, 1.54) is 25.3 Å². The molecule has 0 aliphatic carbocycles. The van der Waals surface area contributed by atoms with Crippen molar-refractivity contribution in [2.24, 2.45) is 0 Å². The van der Waals surface area contributed by atoms with Crippen molar-refractivity contribution in [3.63, 3.8) is 0 Å². The Morgan fingerprint density at radius 3 is 2.45 bits per heavy atom. The van der Waals surface area contributed by atoms with E-state index in [1.807, 2.05) is 6.07 Å². The highest BCUT2D eigenvalue weighted by atomic mass is 35.5. The van der Waals surface area contributed by atoms with Crippen LogP contribution >= 0.6 is 23.2 Å². The molecule has 0 aromatic heterocycles. The minimum atomic E-state index is -3.88. The van der Waals surface area contributed by atoms with Crippen molar-refractivity contribution in [1.82, 2.24) is 10.0 Å². The van der Waals surface area contributed by atoms with Crippen LogP contribution in [-0.4, -0.2) is 33.5 Å². The van der Waals surface area contributed by atoms with Crippen LogP contribution in [0.25, 0.3) is 0 Å². The Balaban J connectivity index is 2.18. The molecule has 0 radical (unpaired) electrons. The van der Waals surface area contributed by atoms with Gasteiger partial charge < -0.3 is 10.1 Å². The smallest absolute Gasteiger partial charge is 0.251 e. The van der Waals surface area contributed by atoms with Gasteiger partial charge in [0.1, 0.15) is 10.6 Å². The number of hydrogen-bond acceptors (Lipinski definition) is 4. The van der Waals surface area contributed by atoms with Gasteiger partial charge in [0.15, 0.2) is 0 Å². The lowest BCUT2D eigenvalue weighted by Crippen LogP contribution is -2.40. The summed E-state index contributed by atoms with van der Waals surface area (Å²) >= 11 is 12.1. The molecular weight excluding hydrogens is 435 g/mol. The van der Waals surface area contributed by atoms with Gasteiger partial charge in [0.05, 0.1) is 17.2 Å². The first-order valence-corrected chi connectivity index (χ1v) is 11.1. The van der Waals surface area contributed by atoms with Crippen molar-refractivity contribution >= 4 is 39.1 Å². The quantitative estimate of drug-likeness (QED) is 0.655. The molecule has 0 saturated heterocycles. The van der Waals surface area contributed by atoms with Crippen LogP contribution in [0.5, 0.6) is 5.75 Å². The molecule has 0 aliphatic heterocycles. The average Bonchev–Trinajstić information content (AvgIpc) is 2.62. The summed E-state index contributed by atoms with van der Waals surface area (Å²) in [7, 11) is -2.50. The molecule has 2 rings (SSSR count). The number of sulfonamides is 1. The first-order valence-electron chi connectivity index (χ1n) is 8.88. The zero-order valence-corrected chi connectivity index (χ0v) is 19.0. The van der Waals surface area contributed by atoms with Crippen molar-refractivity contribution in [1.29, 1.82) is 0 Å². The van der Waals surface area contributed by atoms with E-state index in [-0.39, 0.29) is 16.2 Å². The number of rotatable bonds is 7. The summed E-state index contributed by atoms with van der Waals surface area (Å²) < 4.78 is 33.2. The molecule has 29 heavy (non-hydrogen) atoms. The molecule has 1 amide bonds. The van der Waals surface area contributed by atoms with Crippen LogP contribution in [0.4, 0.5) is 0 Å². The number of amides is 1. The predicted octanol–water partition coefficient (Wildman–Crippen LogP) is 4.05. The molecule has 2 aromatic carbocycles. The summed E-state index contributed by atoms with van der Waals surface area (Å²) in [6, 6.07) is 9.58. The maximum absolute atomic E-state index is 12.7. The Morgan fingerprint density at radius 2 is 1.83 bits per heavy atom. The standard InChI is InChI=1S/C20H24Cl2N2O4S/c1-20(2,3)24-29(26,27)17-12-14(8-9-16(17)28-4)19(25)23-11-10-13-6-5-7-15(21)18(13)22/h5-9,12,24H,10-11H2,1-4H3,(H,23,25).